The molecule has 4 aromatic rings. The van der Waals surface area contributed by atoms with Gasteiger partial charge in [0.05, 0.1) is 11.1 Å². The van der Waals surface area contributed by atoms with E-state index in [2.05, 4.69) is 15.3 Å². The number of thioether (sulfide) groups is 1. The first kappa shape index (κ1) is 18.5. The Morgan fingerprint density at radius 1 is 1.14 bits per heavy atom. The Labute approximate surface area is 169 Å². The summed E-state index contributed by atoms with van der Waals surface area (Å²) < 4.78 is 0. The quantitative estimate of drug-likeness (QED) is 0.372. The highest BCUT2D eigenvalue weighted by molar-refractivity contribution is 7.99. The van der Waals surface area contributed by atoms with Crippen molar-refractivity contribution in [1.82, 2.24) is 9.97 Å². The molecule has 1 amide bonds. The first-order valence-corrected chi connectivity index (χ1v) is 10.5. The van der Waals surface area contributed by atoms with Gasteiger partial charge in [0.2, 0.25) is 5.91 Å². The van der Waals surface area contributed by atoms with Gasteiger partial charge in [-0.1, -0.05) is 59.8 Å². The molecule has 7 heteroatoms. The maximum atomic E-state index is 12.7. The summed E-state index contributed by atoms with van der Waals surface area (Å²) in [6, 6.07) is 17.3. The van der Waals surface area contributed by atoms with E-state index < -0.39 is 0 Å². The van der Waals surface area contributed by atoms with Crippen molar-refractivity contribution in [2.75, 3.05) is 11.1 Å². The van der Waals surface area contributed by atoms with E-state index in [9.17, 15) is 9.59 Å². The lowest BCUT2D eigenvalue weighted by Gasteiger charge is -2.05. The minimum Gasteiger partial charge on any atom is -0.325 e. The van der Waals surface area contributed by atoms with Crippen molar-refractivity contribution in [2.45, 2.75) is 12.1 Å². The monoisotopic (exact) mass is 407 g/mol. The van der Waals surface area contributed by atoms with E-state index >= 15 is 0 Å². The van der Waals surface area contributed by atoms with Gasteiger partial charge in [0, 0.05) is 16.6 Å². The highest BCUT2D eigenvalue weighted by atomic mass is 32.2. The maximum absolute atomic E-state index is 12.7. The van der Waals surface area contributed by atoms with Crippen LogP contribution in [0.3, 0.4) is 0 Å². The second-order valence-electron chi connectivity index (χ2n) is 6.27. The molecule has 140 valence electrons. The fraction of sp³-hybridized carbons (Fsp3) is 0.0952. The predicted octanol–water partition coefficient (Wildman–Crippen LogP) is 4.69. The number of para-hydroxylation sites is 1. The molecule has 2 heterocycles. The molecular weight excluding hydrogens is 390 g/mol. The van der Waals surface area contributed by atoms with Crippen molar-refractivity contribution in [3.63, 3.8) is 0 Å². The summed E-state index contributed by atoms with van der Waals surface area (Å²) in [5, 5.41) is 5.80. The summed E-state index contributed by atoms with van der Waals surface area (Å²) in [5.74, 6) is 0.0185. The molecule has 0 saturated carbocycles. The summed E-state index contributed by atoms with van der Waals surface area (Å²) in [6.45, 7) is 2.03. The lowest BCUT2D eigenvalue weighted by molar-refractivity contribution is -0.113. The van der Waals surface area contributed by atoms with E-state index in [0.717, 1.165) is 16.8 Å². The van der Waals surface area contributed by atoms with Crippen LogP contribution in [0.25, 0.3) is 21.3 Å². The fourth-order valence-corrected chi connectivity index (χ4v) is 4.46. The lowest BCUT2D eigenvalue weighted by atomic mass is 10.1. The lowest BCUT2D eigenvalue weighted by Crippen LogP contribution is -2.15. The van der Waals surface area contributed by atoms with Gasteiger partial charge in [-0.3, -0.25) is 9.59 Å². The number of carbonyl (C=O) groups is 1. The van der Waals surface area contributed by atoms with Crippen LogP contribution >= 0.6 is 23.1 Å². The number of benzene rings is 2. The van der Waals surface area contributed by atoms with Gasteiger partial charge in [-0.05, 0) is 24.6 Å². The molecule has 0 aliphatic carbocycles. The van der Waals surface area contributed by atoms with Gasteiger partial charge in [0.1, 0.15) is 4.83 Å². The highest BCUT2D eigenvalue weighted by Gasteiger charge is 2.14. The summed E-state index contributed by atoms with van der Waals surface area (Å²) >= 11 is 2.64. The summed E-state index contributed by atoms with van der Waals surface area (Å²) in [4.78, 5) is 32.8. The van der Waals surface area contributed by atoms with E-state index in [1.54, 1.807) is 0 Å². The maximum Gasteiger partial charge on any atom is 0.260 e. The number of rotatable bonds is 5. The average molecular weight is 408 g/mol. The van der Waals surface area contributed by atoms with Gasteiger partial charge in [-0.15, -0.1) is 11.3 Å². The van der Waals surface area contributed by atoms with E-state index in [4.69, 9.17) is 0 Å². The summed E-state index contributed by atoms with van der Waals surface area (Å²) in [6.07, 6.45) is 0. The van der Waals surface area contributed by atoms with Gasteiger partial charge in [-0.25, -0.2) is 4.98 Å². The third-order valence-electron chi connectivity index (χ3n) is 4.18. The van der Waals surface area contributed by atoms with Gasteiger partial charge in [0.15, 0.2) is 5.16 Å². The Morgan fingerprint density at radius 2 is 1.89 bits per heavy atom. The molecular formula is C21H17N3O2S2. The number of hydrogen-bond donors (Lipinski definition) is 2. The highest BCUT2D eigenvalue weighted by Crippen LogP contribution is 2.31. The standard InChI is InChI=1S/C21H17N3O2S2/c1-13-7-9-14(10-8-13)16-11-27-20-18(16)19(26)23-21(24-20)28-12-17(25)22-15-5-3-2-4-6-15/h2-11H,12H2,1H3,(H,22,25)(H,23,24,26). The van der Waals surface area contributed by atoms with Crippen LogP contribution in [0.5, 0.6) is 0 Å². The van der Waals surface area contributed by atoms with Gasteiger partial charge < -0.3 is 10.3 Å². The number of aromatic amines is 1. The number of thiophene rings is 1. The third-order valence-corrected chi connectivity index (χ3v) is 5.93. The zero-order valence-electron chi connectivity index (χ0n) is 15.1. The van der Waals surface area contributed by atoms with Crippen LogP contribution in [-0.2, 0) is 4.79 Å². The van der Waals surface area contributed by atoms with E-state index in [1.807, 2.05) is 66.9 Å². The van der Waals surface area contributed by atoms with Crippen LogP contribution in [0.1, 0.15) is 5.56 Å². The van der Waals surface area contributed by atoms with Crippen molar-refractivity contribution in [3.8, 4) is 11.1 Å². The zero-order valence-corrected chi connectivity index (χ0v) is 16.7. The summed E-state index contributed by atoms with van der Waals surface area (Å²) in [5.41, 5.74) is 3.60. The molecule has 4 rings (SSSR count). The van der Waals surface area contributed by atoms with Crippen molar-refractivity contribution >= 4 is 44.9 Å². The number of hydrogen-bond acceptors (Lipinski definition) is 5. The minimum absolute atomic E-state index is 0.148. The molecule has 0 radical (unpaired) electrons. The van der Waals surface area contributed by atoms with Crippen LogP contribution in [0.15, 0.2) is 69.9 Å². The molecule has 5 nitrogen and oxygen atoms in total. The second-order valence-corrected chi connectivity index (χ2v) is 8.09. The molecule has 0 atom stereocenters. The van der Waals surface area contributed by atoms with Crippen molar-refractivity contribution in [2.24, 2.45) is 0 Å². The van der Waals surface area contributed by atoms with Crippen LogP contribution in [0.4, 0.5) is 5.69 Å². The van der Waals surface area contributed by atoms with Gasteiger partial charge >= 0.3 is 0 Å². The molecule has 0 fully saturated rings. The van der Waals surface area contributed by atoms with Crippen molar-refractivity contribution < 1.29 is 4.79 Å². The average Bonchev–Trinajstić information content (AvgIpc) is 3.12. The Morgan fingerprint density at radius 3 is 2.64 bits per heavy atom. The normalized spacial score (nSPS) is 10.9. The Hall–Kier alpha value is -2.90. The Balaban J connectivity index is 1.53. The van der Waals surface area contributed by atoms with Crippen LogP contribution < -0.4 is 10.9 Å². The molecule has 0 aliphatic rings. The number of nitrogens with one attached hydrogen (secondary N) is 2. The van der Waals surface area contributed by atoms with E-state index in [0.29, 0.717) is 15.4 Å². The van der Waals surface area contributed by atoms with Crippen molar-refractivity contribution in [3.05, 3.63) is 75.9 Å². The molecule has 0 unspecified atom stereocenters. The largest absolute Gasteiger partial charge is 0.325 e. The summed E-state index contributed by atoms with van der Waals surface area (Å²) in [7, 11) is 0. The Kier molecular flexibility index (Phi) is 5.27. The number of amides is 1. The molecule has 28 heavy (non-hydrogen) atoms. The number of aromatic nitrogens is 2. The SMILES string of the molecule is Cc1ccc(-c2csc3nc(SCC(=O)Nc4ccccc4)[nH]c(=O)c23)cc1. The number of fused-ring (bicyclic) bond motifs is 1. The van der Waals surface area contributed by atoms with E-state index in [-0.39, 0.29) is 17.2 Å². The third kappa shape index (κ3) is 4.00. The van der Waals surface area contributed by atoms with Gasteiger partial charge in [-0.2, -0.15) is 0 Å². The fourth-order valence-electron chi connectivity index (χ4n) is 2.80. The minimum atomic E-state index is -0.187. The van der Waals surface area contributed by atoms with Crippen LogP contribution in [0, 0.1) is 6.92 Å². The second kappa shape index (κ2) is 8.00. The van der Waals surface area contributed by atoms with E-state index in [1.165, 1.54) is 28.7 Å². The molecule has 2 aromatic carbocycles. The molecule has 2 N–H and O–H groups in total. The van der Waals surface area contributed by atoms with Gasteiger partial charge in [0.25, 0.3) is 5.56 Å². The molecule has 0 spiro atoms. The van der Waals surface area contributed by atoms with Crippen molar-refractivity contribution in [1.29, 1.82) is 0 Å². The molecule has 0 saturated heterocycles. The first-order chi connectivity index (χ1) is 13.6. The van der Waals surface area contributed by atoms with Crippen LogP contribution in [-0.4, -0.2) is 21.6 Å². The smallest absolute Gasteiger partial charge is 0.260 e. The number of anilines is 1. The number of nitrogens with zero attached hydrogens (tertiary/aromatic N) is 1. The first-order valence-electron chi connectivity index (χ1n) is 8.66. The molecule has 0 aliphatic heterocycles. The molecule has 0 bridgehead atoms. The zero-order chi connectivity index (χ0) is 19.5. The number of aryl methyl sites for hydroxylation is 1. The van der Waals surface area contributed by atoms with Crippen LogP contribution in [0.2, 0.25) is 0 Å². The number of H-pyrrole nitrogens is 1. The Bertz CT molecular complexity index is 1180. The topological polar surface area (TPSA) is 74.8 Å². The predicted molar refractivity (Wildman–Crippen MR) is 116 cm³/mol. The molecule has 2 aromatic heterocycles. The number of carbonyl (C=O) groups excluding carboxylic acids is 1.